The van der Waals surface area contributed by atoms with Gasteiger partial charge in [0.1, 0.15) is 22.6 Å². The molecule has 0 aliphatic carbocycles. The number of hydrogen-bond acceptors (Lipinski definition) is 5. The van der Waals surface area contributed by atoms with Gasteiger partial charge >= 0.3 is 5.97 Å². The molecule has 7 heteroatoms. The maximum absolute atomic E-state index is 12.7. The number of amides is 1. The highest BCUT2D eigenvalue weighted by atomic mass is 35.5. The summed E-state index contributed by atoms with van der Waals surface area (Å²) < 4.78 is 10.9. The molecule has 3 rings (SSSR count). The van der Waals surface area contributed by atoms with E-state index < -0.39 is 5.97 Å². The van der Waals surface area contributed by atoms with Gasteiger partial charge < -0.3 is 14.4 Å². The fourth-order valence-corrected chi connectivity index (χ4v) is 3.03. The monoisotopic (exact) mass is 374 g/mol. The minimum absolute atomic E-state index is 0.0755. The summed E-state index contributed by atoms with van der Waals surface area (Å²) in [5, 5.41) is 0.456. The minimum atomic E-state index is -0.394. The molecular formula is C19H19ClN2O4. The molecule has 1 fully saturated rings. The number of carbonyl (C=O) groups is 2. The van der Waals surface area contributed by atoms with E-state index in [0.29, 0.717) is 35.2 Å². The number of carbonyl (C=O) groups excluding carboxylic acids is 2. The lowest BCUT2D eigenvalue weighted by atomic mass is 10.1. The summed E-state index contributed by atoms with van der Waals surface area (Å²) in [5.74, 6) is 0.524. The molecule has 136 valence electrons. The van der Waals surface area contributed by atoms with Crippen LogP contribution in [-0.4, -0.2) is 41.0 Å². The average Bonchev–Trinajstić information content (AvgIpc) is 2.63. The molecule has 0 bridgehead atoms. The van der Waals surface area contributed by atoms with Gasteiger partial charge in [-0.05, 0) is 37.1 Å². The van der Waals surface area contributed by atoms with Gasteiger partial charge in [-0.15, -0.1) is 0 Å². The number of nitrogens with zero attached hydrogens (tertiary/aromatic N) is 2. The molecule has 0 saturated carbocycles. The first-order valence-corrected chi connectivity index (χ1v) is 8.74. The normalized spacial score (nSPS) is 16.8. The van der Waals surface area contributed by atoms with Crippen molar-refractivity contribution in [2.24, 2.45) is 0 Å². The molecule has 1 unspecified atom stereocenters. The van der Waals surface area contributed by atoms with Crippen LogP contribution in [0.2, 0.25) is 5.02 Å². The maximum Gasteiger partial charge on any atom is 0.308 e. The van der Waals surface area contributed by atoms with Crippen molar-refractivity contribution in [1.82, 2.24) is 9.88 Å². The van der Waals surface area contributed by atoms with Crippen LogP contribution in [0.15, 0.2) is 42.7 Å². The first-order chi connectivity index (χ1) is 12.5. The van der Waals surface area contributed by atoms with Gasteiger partial charge in [0, 0.05) is 37.5 Å². The van der Waals surface area contributed by atoms with Crippen LogP contribution in [-0.2, 0) is 4.79 Å². The zero-order chi connectivity index (χ0) is 18.5. The summed E-state index contributed by atoms with van der Waals surface area (Å²) in [6, 6.07) is 8.26. The number of piperidine rings is 1. The molecule has 1 amide bonds. The summed E-state index contributed by atoms with van der Waals surface area (Å²) in [4.78, 5) is 29.4. The van der Waals surface area contributed by atoms with Crippen LogP contribution in [0, 0.1) is 0 Å². The SMILES string of the molecule is CC(=O)Oc1ccc(C(=O)N2CCCC(Oc3ccncc3Cl)C2)cc1. The van der Waals surface area contributed by atoms with Crippen LogP contribution < -0.4 is 9.47 Å². The Morgan fingerprint density at radius 1 is 1.23 bits per heavy atom. The molecule has 0 radical (unpaired) electrons. The number of pyridine rings is 1. The Morgan fingerprint density at radius 3 is 2.69 bits per heavy atom. The van der Waals surface area contributed by atoms with Gasteiger partial charge in [-0.2, -0.15) is 0 Å². The van der Waals surface area contributed by atoms with Crippen LogP contribution in [0.4, 0.5) is 0 Å². The first-order valence-electron chi connectivity index (χ1n) is 8.37. The Kier molecular flexibility index (Phi) is 5.73. The standard InChI is InChI=1S/C19H19ClN2O4/c1-13(23)25-15-6-4-14(5-7-15)19(24)22-10-2-3-16(12-22)26-18-8-9-21-11-17(18)20/h4-9,11,16H,2-3,10,12H2,1H3. The van der Waals surface area contributed by atoms with Crippen LogP contribution >= 0.6 is 11.6 Å². The molecular weight excluding hydrogens is 356 g/mol. The number of rotatable bonds is 4. The summed E-state index contributed by atoms with van der Waals surface area (Å²) in [6.45, 7) is 2.50. The topological polar surface area (TPSA) is 68.7 Å². The van der Waals surface area contributed by atoms with Crippen molar-refractivity contribution in [1.29, 1.82) is 0 Å². The van der Waals surface area contributed by atoms with E-state index in [9.17, 15) is 9.59 Å². The molecule has 1 aliphatic rings. The zero-order valence-corrected chi connectivity index (χ0v) is 15.1. The largest absolute Gasteiger partial charge is 0.487 e. The van der Waals surface area contributed by atoms with Gasteiger partial charge in [0.15, 0.2) is 0 Å². The van der Waals surface area contributed by atoms with Gasteiger partial charge in [0.05, 0.1) is 6.54 Å². The van der Waals surface area contributed by atoms with Crippen molar-refractivity contribution >= 4 is 23.5 Å². The van der Waals surface area contributed by atoms with Crippen molar-refractivity contribution in [2.75, 3.05) is 13.1 Å². The number of aromatic nitrogens is 1. The quantitative estimate of drug-likeness (QED) is 0.606. The molecule has 2 aromatic rings. The second-order valence-corrected chi connectivity index (χ2v) is 6.46. The highest BCUT2D eigenvalue weighted by Gasteiger charge is 2.26. The van der Waals surface area contributed by atoms with Crippen molar-refractivity contribution in [3.63, 3.8) is 0 Å². The minimum Gasteiger partial charge on any atom is -0.487 e. The van der Waals surface area contributed by atoms with E-state index in [4.69, 9.17) is 21.1 Å². The maximum atomic E-state index is 12.7. The smallest absolute Gasteiger partial charge is 0.308 e. The van der Waals surface area contributed by atoms with E-state index in [1.807, 2.05) is 0 Å². The van der Waals surface area contributed by atoms with Crippen LogP contribution in [0.25, 0.3) is 0 Å². The lowest BCUT2D eigenvalue weighted by Crippen LogP contribution is -2.44. The molecule has 1 aliphatic heterocycles. The van der Waals surface area contributed by atoms with Crippen LogP contribution in [0.3, 0.4) is 0 Å². The van der Waals surface area contributed by atoms with E-state index in [1.54, 1.807) is 41.4 Å². The summed E-state index contributed by atoms with van der Waals surface area (Å²) >= 11 is 6.09. The third kappa shape index (κ3) is 4.52. The second-order valence-electron chi connectivity index (χ2n) is 6.06. The summed E-state index contributed by atoms with van der Waals surface area (Å²) in [6.07, 6.45) is 4.75. The molecule has 6 nitrogen and oxygen atoms in total. The summed E-state index contributed by atoms with van der Waals surface area (Å²) in [7, 11) is 0. The predicted molar refractivity (Wildman–Crippen MR) is 96.6 cm³/mol. The molecule has 2 heterocycles. The van der Waals surface area contributed by atoms with Gasteiger partial charge in [-0.25, -0.2) is 0 Å². The van der Waals surface area contributed by atoms with Gasteiger partial charge in [-0.3, -0.25) is 14.6 Å². The Labute approximate surface area is 156 Å². The van der Waals surface area contributed by atoms with E-state index in [-0.39, 0.29) is 12.0 Å². The zero-order valence-electron chi connectivity index (χ0n) is 14.4. The van der Waals surface area contributed by atoms with Crippen molar-refractivity contribution in [3.05, 3.63) is 53.3 Å². The van der Waals surface area contributed by atoms with Crippen LogP contribution in [0.1, 0.15) is 30.1 Å². The number of halogens is 1. The number of benzene rings is 1. The predicted octanol–water partition coefficient (Wildman–Crippen LogP) is 3.34. The number of likely N-dealkylation sites (tertiary alicyclic amines) is 1. The van der Waals surface area contributed by atoms with E-state index in [0.717, 1.165) is 12.8 Å². The van der Waals surface area contributed by atoms with Crippen molar-refractivity contribution in [3.8, 4) is 11.5 Å². The van der Waals surface area contributed by atoms with E-state index in [2.05, 4.69) is 4.98 Å². The Morgan fingerprint density at radius 2 is 2.00 bits per heavy atom. The lowest BCUT2D eigenvalue weighted by molar-refractivity contribution is -0.131. The average molecular weight is 375 g/mol. The van der Waals surface area contributed by atoms with E-state index in [1.165, 1.54) is 13.1 Å². The molecule has 26 heavy (non-hydrogen) atoms. The molecule has 1 aromatic carbocycles. The van der Waals surface area contributed by atoms with Crippen molar-refractivity contribution in [2.45, 2.75) is 25.9 Å². The number of ether oxygens (including phenoxy) is 2. The highest BCUT2D eigenvalue weighted by Crippen LogP contribution is 2.26. The molecule has 0 spiro atoms. The Hall–Kier alpha value is -2.60. The van der Waals surface area contributed by atoms with Crippen LogP contribution in [0.5, 0.6) is 11.5 Å². The Bertz CT molecular complexity index is 794. The number of esters is 1. The van der Waals surface area contributed by atoms with Gasteiger partial charge in [0.2, 0.25) is 0 Å². The van der Waals surface area contributed by atoms with Gasteiger partial charge in [0.25, 0.3) is 5.91 Å². The number of hydrogen-bond donors (Lipinski definition) is 0. The fourth-order valence-electron chi connectivity index (χ4n) is 2.87. The summed E-state index contributed by atoms with van der Waals surface area (Å²) in [5.41, 5.74) is 0.545. The molecule has 1 atom stereocenters. The fraction of sp³-hybridized carbons (Fsp3) is 0.316. The third-order valence-corrected chi connectivity index (χ3v) is 4.34. The van der Waals surface area contributed by atoms with Crippen molar-refractivity contribution < 1.29 is 19.1 Å². The van der Waals surface area contributed by atoms with E-state index >= 15 is 0 Å². The first kappa shape index (κ1) is 18.2. The third-order valence-electron chi connectivity index (χ3n) is 4.06. The molecule has 1 saturated heterocycles. The lowest BCUT2D eigenvalue weighted by Gasteiger charge is -2.33. The Balaban J connectivity index is 1.64. The van der Waals surface area contributed by atoms with Gasteiger partial charge in [-0.1, -0.05) is 11.6 Å². The highest BCUT2D eigenvalue weighted by molar-refractivity contribution is 6.31. The second kappa shape index (κ2) is 8.19. The molecule has 0 N–H and O–H groups in total. The molecule has 1 aromatic heterocycles.